The Balaban J connectivity index is 3.28. The standard InChI is InChI=1S/C5H13O5PS/c6-3-5(7)4-12-2-1-11(8,9)10/h5-7H,1-4H2,(H2,8,9,10). The van der Waals surface area contributed by atoms with Gasteiger partial charge in [-0.15, -0.1) is 0 Å². The Hall–Kier alpha value is 0.420. The van der Waals surface area contributed by atoms with Crippen molar-refractivity contribution in [2.24, 2.45) is 0 Å². The topological polar surface area (TPSA) is 98.0 Å². The molecule has 0 rings (SSSR count). The van der Waals surface area contributed by atoms with Gasteiger partial charge in [0.1, 0.15) is 0 Å². The lowest BCUT2D eigenvalue weighted by atomic mass is 10.4. The third-order valence-electron chi connectivity index (χ3n) is 1.05. The van der Waals surface area contributed by atoms with Crippen molar-refractivity contribution >= 4 is 19.4 Å². The minimum absolute atomic E-state index is 0.185. The molecule has 0 fully saturated rings. The summed E-state index contributed by atoms with van der Waals surface area (Å²) in [6.45, 7) is -0.317. The van der Waals surface area contributed by atoms with Gasteiger partial charge in [-0.3, -0.25) is 4.57 Å². The van der Waals surface area contributed by atoms with Crippen LogP contribution in [0.3, 0.4) is 0 Å². The van der Waals surface area contributed by atoms with Gasteiger partial charge >= 0.3 is 7.60 Å². The van der Waals surface area contributed by atoms with Crippen LogP contribution >= 0.6 is 19.4 Å². The fraction of sp³-hybridized carbons (Fsp3) is 1.00. The zero-order valence-corrected chi connectivity index (χ0v) is 8.17. The van der Waals surface area contributed by atoms with E-state index in [9.17, 15) is 4.57 Å². The number of aliphatic hydroxyl groups excluding tert-OH is 2. The summed E-state index contributed by atoms with van der Waals surface area (Å²) in [4.78, 5) is 16.9. The Morgan fingerprint density at radius 2 is 2.00 bits per heavy atom. The van der Waals surface area contributed by atoms with Crippen molar-refractivity contribution in [2.45, 2.75) is 6.10 Å². The Kier molecular flexibility index (Phi) is 6.17. The average molecular weight is 216 g/mol. The maximum atomic E-state index is 10.3. The van der Waals surface area contributed by atoms with Crippen LogP contribution in [0.25, 0.3) is 0 Å². The normalized spacial score (nSPS) is 14.7. The molecule has 4 N–H and O–H groups in total. The van der Waals surface area contributed by atoms with E-state index >= 15 is 0 Å². The zero-order valence-electron chi connectivity index (χ0n) is 6.46. The molecular weight excluding hydrogens is 203 g/mol. The lowest BCUT2D eigenvalue weighted by Gasteiger charge is -2.06. The molecule has 0 heterocycles. The van der Waals surface area contributed by atoms with Crippen molar-refractivity contribution in [3.63, 3.8) is 0 Å². The van der Waals surface area contributed by atoms with Crippen molar-refractivity contribution in [3.8, 4) is 0 Å². The Morgan fingerprint density at radius 3 is 2.42 bits per heavy atom. The summed E-state index contributed by atoms with van der Waals surface area (Å²) in [5, 5.41) is 17.2. The van der Waals surface area contributed by atoms with Gasteiger partial charge in [0.05, 0.1) is 18.9 Å². The molecule has 0 aromatic rings. The van der Waals surface area contributed by atoms with Crippen LogP contribution in [-0.4, -0.2) is 50.4 Å². The van der Waals surface area contributed by atoms with E-state index in [1.165, 1.54) is 11.8 Å². The number of hydrogen-bond donors (Lipinski definition) is 4. The van der Waals surface area contributed by atoms with E-state index in [-0.39, 0.29) is 12.8 Å². The van der Waals surface area contributed by atoms with E-state index < -0.39 is 13.7 Å². The second kappa shape index (κ2) is 5.96. The molecule has 0 saturated heterocycles. The van der Waals surface area contributed by atoms with Crippen molar-refractivity contribution in [3.05, 3.63) is 0 Å². The van der Waals surface area contributed by atoms with Crippen LogP contribution in [0.4, 0.5) is 0 Å². The fourth-order valence-electron chi connectivity index (χ4n) is 0.456. The third kappa shape index (κ3) is 8.52. The van der Waals surface area contributed by atoms with Crippen LogP contribution in [0.1, 0.15) is 0 Å². The first-order chi connectivity index (χ1) is 5.45. The number of thioether (sulfide) groups is 1. The summed E-state index contributed by atoms with van der Waals surface area (Å²) in [6, 6.07) is 0. The van der Waals surface area contributed by atoms with Crippen LogP contribution in [0.5, 0.6) is 0 Å². The molecule has 5 nitrogen and oxygen atoms in total. The van der Waals surface area contributed by atoms with Crippen LogP contribution < -0.4 is 0 Å². The molecule has 1 atom stereocenters. The highest BCUT2D eigenvalue weighted by Gasteiger charge is 2.12. The molecule has 0 aromatic carbocycles. The molecule has 12 heavy (non-hydrogen) atoms. The Morgan fingerprint density at radius 1 is 1.42 bits per heavy atom. The van der Waals surface area contributed by atoms with E-state index in [4.69, 9.17) is 20.0 Å². The lowest BCUT2D eigenvalue weighted by Crippen LogP contribution is -2.15. The molecule has 0 radical (unpaired) electrons. The smallest absolute Gasteiger partial charge is 0.326 e. The van der Waals surface area contributed by atoms with Crippen LogP contribution in [0.2, 0.25) is 0 Å². The first-order valence-corrected chi connectivity index (χ1v) is 6.32. The predicted octanol–water partition coefficient (Wildman–Crippen LogP) is -0.750. The fourth-order valence-corrected chi connectivity index (χ4v) is 2.47. The SMILES string of the molecule is O=P(O)(O)CCSCC(O)CO. The molecule has 0 amide bonds. The summed E-state index contributed by atoms with van der Waals surface area (Å²) < 4.78 is 10.3. The van der Waals surface area contributed by atoms with E-state index in [2.05, 4.69) is 0 Å². The molecule has 0 aromatic heterocycles. The number of hydrogen-bond acceptors (Lipinski definition) is 4. The second-order valence-electron chi connectivity index (χ2n) is 2.30. The molecule has 0 saturated carbocycles. The van der Waals surface area contributed by atoms with Crippen LogP contribution in [0, 0.1) is 0 Å². The van der Waals surface area contributed by atoms with E-state index in [0.717, 1.165) is 0 Å². The molecule has 0 spiro atoms. The third-order valence-corrected chi connectivity index (χ3v) is 3.27. The predicted molar refractivity (Wildman–Crippen MR) is 47.3 cm³/mol. The molecular formula is C5H13O5PS. The molecule has 0 aliphatic heterocycles. The summed E-state index contributed by atoms with van der Waals surface area (Å²) in [5.41, 5.74) is 0. The first-order valence-electron chi connectivity index (χ1n) is 3.37. The van der Waals surface area contributed by atoms with Gasteiger partial charge in [-0.1, -0.05) is 0 Å². The van der Waals surface area contributed by atoms with Gasteiger partial charge in [0.2, 0.25) is 0 Å². The Labute approximate surface area is 75.0 Å². The minimum Gasteiger partial charge on any atom is -0.394 e. The van der Waals surface area contributed by atoms with Gasteiger partial charge in [0, 0.05) is 11.5 Å². The monoisotopic (exact) mass is 216 g/mol. The van der Waals surface area contributed by atoms with Gasteiger partial charge in [0.25, 0.3) is 0 Å². The minimum atomic E-state index is -3.90. The molecule has 74 valence electrons. The average Bonchev–Trinajstić information content (AvgIpc) is 1.96. The highest BCUT2D eigenvalue weighted by atomic mass is 32.2. The molecule has 1 unspecified atom stereocenters. The highest BCUT2D eigenvalue weighted by molar-refractivity contribution is 7.99. The summed E-state index contributed by atoms with van der Waals surface area (Å²) in [6.07, 6.45) is -0.984. The van der Waals surface area contributed by atoms with Crippen molar-refractivity contribution < 1.29 is 24.6 Å². The van der Waals surface area contributed by atoms with E-state index in [1.807, 2.05) is 0 Å². The van der Waals surface area contributed by atoms with Gasteiger partial charge in [-0.2, -0.15) is 11.8 Å². The Bertz CT molecular complexity index is 158. The maximum absolute atomic E-state index is 10.3. The quantitative estimate of drug-likeness (QED) is 0.344. The number of rotatable bonds is 6. The van der Waals surface area contributed by atoms with Gasteiger partial charge in [-0.25, -0.2) is 0 Å². The molecule has 7 heteroatoms. The van der Waals surface area contributed by atoms with Gasteiger partial charge < -0.3 is 20.0 Å². The lowest BCUT2D eigenvalue weighted by molar-refractivity contribution is 0.113. The summed E-state index contributed by atoms with van der Waals surface area (Å²) >= 11 is 1.21. The number of aliphatic hydroxyl groups is 2. The summed E-state index contributed by atoms with van der Waals surface area (Å²) in [5.74, 6) is 0.595. The van der Waals surface area contributed by atoms with Crippen molar-refractivity contribution in [1.82, 2.24) is 0 Å². The summed E-state index contributed by atoms with van der Waals surface area (Å²) in [7, 11) is -3.90. The largest absolute Gasteiger partial charge is 0.394 e. The maximum Gasteiger partial charge on any atom is 0.326 e. The van der Waals surface area contributed by atoms with Crippen molar-refractivity contribution in [2.75, 3.05) is 24.3 Å². The van der Waals surface area contributed by atoms with Crippen molar-refractivity contribution in [1.29, 1.82) is 0 Å². The zero-order chi connectivity index (χ0) is 9.61. The van der Waals surface area contributed by atoms with E-state index in [0.29, 0.717) is 11.5 Å². The van der Waals surface area contributed by atoms with E-state index in [1.54, 1.807) is 0 Å². The van der Waals surface area contributed by atoms with Gasteiger partial charge in [-0.05, 0) is 0 Å². The van der Waals surface area contributed by atoms with Crippen LogP contribution in [-0.2, 0) is 4.57 Å². The van der Waals surface area contributed by atoms with Crippen LogP contribution in [0.15, 0.2) is 0 Å². The molecule has 0 aliphatic rings. The first kappa shape index (κ1) is 12.4. The highest BCUT2D eigenvalue weighted by Crippen LogP contribution is 2.34. The molecule has 0 aliphatic carbocycles. The molecule has 0 bridgehead atoms. The second-order valence-corrected chi connectivity index (χ2v) is 5.23. The van der Waals surface area contributed by atoms with Gasteiger partial charge in [0.15, 0.2) is 0 Å².